The summed E-state index contributed by atoms with van der Waals surface area (Å²) in [6.45, 7) is 2.35. The highest BCUT2D eigenvalue weighted by Gasteiger charge is 2.28. The quantitative estimate of drug-likeness (QED) is 0.743. The SMILES string of the molecule is CCC(=O)Cc1cc(CNC(=O)c2ccc(OCC(F)(F)F)nc2)cc(C)n1. The normalized spacial score (nSPS) is 11.2. The molecule has 0 atom stereocenters. The topological polar surface area (TPSA) is 81.2 Å². The smallest absolute Gasteiger partial charge is 0.422 e. The maximum absolute atomic E-state index is 12.2. The maximum Gasteiger partial charge on any atom is 0.422 e. The lowest BCUT2D eigenvalue weighted by Gasteiger charge is -2.10. The molecule has 0 aliphatic rings. The van der Waals surface area contributed by atoms with Crippen molar-refractivity contribution in [2.75, 3.05) is 6.61 Å². The Morgan fingerprint density at radius 1 is 1.21 bits per heavy atom. The minimum absolute atomic E-state index is 0.0759. The molecule has 9 heteroatoms. The van der Waals surface area contributed by atoms with E-state index in [2.05, 4.69) is 20.0 Å². The predicted octanol–water partition coefficient (Wildman–Crippen LogP) is 3.18. The highest BCUT2D eigenvalue weighted by Crippen LogP contribution is 2.17. The number of ether oxygens (including phenoxy) is 1. The van der Waals surface area contributed by atoms with E-state index in [-0.39, 0.29) is 30.2 Å². The zero-order valence-electron chi connectivity index (χ0n) is 15.5. The Labute approximate surface area is 160 Å². The van der Waals surface area contributed by atoms with Crippen molar-refractivity contribution in [2.45, 2.75) is 39.4 Å². The number of hydrogen-bond acceptors (Lipinski definition) is 5. The number of ketones is 1. The standard InChI is InChI=1S/C19H20F3N3O3/c1-3-16(26)8-15-7-13(6-12(2)25-15)9-24-18(27)14-4-5-17(23-10-14)28-11-19(20,21)22/h4-7,10H,3,8-9,11H2,1-2H3,(H,24,27). The number of aryl methyl sites for hydroxylation is 1. The van der Waals surface area contributed by atoms with Crippen LogP contribution in [0.25, 0.3) is 0 Å². The van der Waals surface area contributed by atoms with Crippen molar-refractivity contribution in [3.63, 3.8) is 0 Å². The first-order valence-electron chi connectivity index (χ1n) is 8.58. The molecule has 0 unspecified atom stereocenters. The van der Waals surface area contributed by atoms with E-state index in [4.69, 9.17) is 0 Å². The van der Waals surface area contributed by atoms with Crippen LogP contribution in [0.1, 0.15) is 40.7 Å². The van der Waals surface area contributed by atoms with Crippen LogP contribution < -0.4 is 10.1 Å². The second-order valence-electron chi connectivity index (χ2n) is 6.15. The van der Waals surface area contributed by atoms with Gasteiger partial charge in [0.05, 0.1) is 5.56 Å². The average Bonchev–Trinajstić information content (AvgIpc) is 2.63. The minimum atomic E-state index is -4.46. The third-order valence-electron chi connectivity index (χ3n) is 3.67. The molecule has 150 valence electrons. The first kappa shape index (κ1) is 21.3. The number of Topliss-reactive ketones (excluding diaryl/α,β-unsaturated/α-hetero) is 1. The van der Waals surface area contributed by atoms with E-state index in [9.17, 15) is 22.8 Å². The fourth-order valence-electron chi connectivity index (χ4n) is 2.37. The van der Waals surface area contributed by atoms with E-state index in [0.717, 1.165) is 17.5 Å². The zero-order valence-corrected chi connectivity index (χ0v) is 15.5. The first-order valence-corrected chi connectivity index (χ1v) is 8.58. The largest absolute Gasteiger partial charge is 0.468 e. The summed E-state index contributed by atoms with van der Waals surface area (Å²) in [5.41, 5.74) is 2.35. The number of hydrogen-bond donors (Lipinski definition) is 1. The number of nitrogens with one attached hydrogen (secondary N) is 1. The maximum atomic E-state index is 12.2. The Morgan fingerprint density at radius 3 is 2.57 bits per heavy atom. The number of carbonyl (C=O) groups is 2. The van der Waals surface area contributed by atoms with Crippen LogP contribution in [-0.4, -0.2) is 34.4 Å². The molecule has 0 aromatic carbocycles. The van der Waals surface area contributed by atoms with E-state index >= 15 is 0 Å². The third kappa shape index (κ3) is 6.98. The van der Waals surface area contributed by atoms with Gasteiger partial charge >= 0.3 is 6.18 Å². The number of halogens is 3. The molecule has 1 N–H and O–H groups in total. The van der Waals surface area contributed by atoms with Crippen molar-refractivity contribution in [3.8, 4) is 5.88 Å². The average molecular weight is 395 g/mol. The van der Waals surface area contributed by atoms with Crippen LogP contribution in [0.15, 0.2) is 30.5 Å². The van der Waals surface area contributed by atoms with Crippen LogP contribution in [0.3, 0.4) is 0 Å². The lowest BCUT2D eigenvalue weighted by atomic mass is 10.1. The summed E-state index contributed by atoms with van der Waals surface area (Å²) in [4.78, 5) is 31.8. The van der Waals surface area contributed by atoms with Crippen LogP contribution in [-0.2, 0) is 17.8 Å². The van der Waals surface area contributed by atoms with E-state index in [1.807, 2.05) is 0 Å². The molecule has 0 fully saturated rings. The number of amides is 1. The fraction of sp³-hybridized carbons (Fsp3) is 0.368. The van der Waals surface area contributed by atoms with Gasteiger partial charge in [0, 0.05) is 43.0 Å². The lowest BCUT2D eigenvalue weighted by Crippen LogP contribution is -2.23. The molecule has 6 nitrogen and oxygen atoms in total. The van der Waals surface area contributed by atoms with Gasteiger partial charge in [-0.25, -0.2) is 4.98 Å². The number of rotatable bonds is 8. The number of pyridine rings is 2. The van der Waals surface area contributed by atoms with Crippen molar-refractivity contribution in [1.82, 2.24) is 15.3 Å². The molecule has 0 spiro atoms. The third-order valence-corrected chi connectivity index (χ3v) is 3.67. The molecule has 0 aliphatic heterocycles. The predicted molar refractivity (Wildman–Crippen MR) is 94.9 cm³/mol. The van der Waals surface area contributed by atoms with Crippen LogP contribution in [0, 0.1) is 6.92 Å². The lowest BCUT2D eigenvalue weighted by molar-refractivity contribution is -0.154. The molecule has 0 aliphatic carbocycles. The number of aromatic nitrogens is 2. The molecular weight excluding hydrogens is 375 g/mol. The van der Waals surface area contributed by atoms with Gasteiger partial charge in [0.2, 0.25) is 5.88 Å². The van der Waals surface area contributed by atoms with E-state index in [1.54, 1.807) is 26.0 Å². The van der Waals surface area contributed by atoms with Crippen LogP contribution in [0.2, 0.25) is 0 Å². The summed E-state index contributed by atoms with van der Waals surface area (Å²) in [7, 11) is 0. The fourth-order valence-corrected chi connectivity index (χ4v) is 2.37. The Hall–Kier alpha value is -2.97. The van der Waals surface area contributed by atoms with E-state index in [0.29, 0.717) is 12.1 Å². The molecule has 28 heavy (non-hydrogen) atoms. The van der Waals surface area contributed by atoms with Gasteiger partial charge < -0.3 is 10.1 Å². The highest BCUT2D eigenvalue weighted by atomic mass is 19.4. The molecule has 0 radical (unpaired) electrons. The second kappa shape index (κ2) is 9.29. The van der Waals surface area contributed by atoms with Gasteiger partial charge in [-0.05, 0) is 30.7 Å². The number of carbonyl (C=O) groups excluding carboxylic acids is 2. The Kier molecular flexibility index (Phi) is 7.08. The molecule has 2 rings (SSSR count). The number of nitrogens with zero attached hydrogens (tertiary/aromatic N) is 2. The van der Waals surface area contributed by atoms with Crippen molar-refractivity contribution < 1.29 is 27.5 Å². The van der Waals surface area contributed by atoms with Crippen molar-refractivity contribution >= 4 is 11.7 Å². The molecule has 1 amide bonds. The van der Waals surface area contributed by atoms with E-state index in [1.165, 1.54) is 12.1 Å². The first-order chi connectivity index (χ1) is 13.2. The summed E-state index contributed by atoms with van der Waals surface area (Å²) in [5, 5.41) is 2.70. The summed E-state index contributed by atoms with van der Waals surface area (Å²) in [6.07, 6.45) is -2.65. The second-order valence-corrected chi connectivity index (χ2v) is 6.15. The molecular formula is C19H20F3N3O3. The molecule has 2 heterocycles. The summed E-state index contributed by atoms with van der Waals surface area (Å²) in [6, 6.07) is 6.09. The minimum Gasteiger partial charge on any atom is -0.468 e. The monoisotopic (exact) mass is 395 g/mol. The Bertz CT molecular complexity index is 837. The summed E-state index contributed by atoms with van der Waals surface area (Å²) >= 11 is 0. The van der Waals surface area contributed by atoms with Crippen LogP contribution in [0.4, 0.5) is 13.2 Å². The molecule has 0 saturated heterocycles. The Morgan fingerprint density at radius 2 is 1.96 bits per heavy atom. The van der Waals surface area contributed by atoms with Crippen molar-refractivity contribution in [2.24, 2.45) is 0 Å². The van der Waals surface area contributed by atoms with Crippen molar-refractivity contribution in [1.29, 1.82) is 0 Å². The summed E-state index contributed by atoms with van der Waals surface area (Å²) < 4.78 is 40.9. The molecule has 0 bridgehead atoms. The van der Waals surface area contributed by atoms with Gasteiger partial charge in [0.25, 0.3) is 5.91 Å². The van der Waals surface area contributed by atoms with Gasteiger partial charge in [-0.15, -0.1) is 0 Å². The van der Waals surface area contributed by atoms with Gasteiger partial charge in [0.1, 0.15) is 5.78 Å². The Balaban J connectivity index is 1.95. The van der Waals surface area contributed by atoms with Crippen LogP contribution in [0.5, 0.6) is 5.88 Å². The number of alkyl halides is 3. The molecule has 0 saturated carbocycles. The molecule has 2 aromatic rings. The van der Waals surface area contributed by atoms with Gasteiger partial charge in [-0.3, -0.25) is 14.6 Å². The van der Waals surface area contributed by atoms with Crippen LogP contribution >= 0.6 is 0 Å². The zero-order chi connectivity index (χ0) is 20.7. The highest BCUT2D eigenvalue weighted by molar-refractivity contribution is 5.93. The van der Waals surface area contributed by atoms with E-state index < -0.39 is 18.7 Å². The summed E-state index contributed by atoms with van der Waals surface area (Å²) in [5.74, 6) is -0.577. The van der Waals surface area contributed by atoms with Gasteiger partial charge in [0.15, 0.2) is 6.61 Å². The van der Waals surface area contributed by atoms with Gasteiger partial charge in [-0.1, -0.05) is 6.92 Å². The van der Waals surface area contributed by atoms with Gasteiger partial charge in [-0.2, -0.15) is 13.2 Å². The molecule has 2 aromatic heterocycles. The van der Waals surface area contributed by atoms with Crippen molar-refractivity contribution in [3.05, 3.63) is 53.0 Å².